The Morgan fingerprint density at radius 2 is 1.61 bits per heavy atom. The van der Waals surface area contributed by atoms with Gasteiger partial charge in [0.2, 0.25) is 5.91 Å². The van der Waals surface area contributed by atoms with Gasteiger partial charge in [0.15, 0.2) is 0 Å². The molecule has 156 valence electrons. The number of nitrogens with zero attached hydrogens (tertiary/aromatic N) is 1. The third-order valence-corrected chi connectivity index (χ3v) is 5.84. The Labute approximate surface area is 184 Å². The number of benzene rings is 3. The fraction of sp³-hybridized carbons (Fsp3) is 0.160. The molecule has 0 atom stereocenters. The third-order valence-electron chi connectivity index (χ3n) is 4.77. The summed E-state index contributed by atoms with van der Waals surface area (Å²) in [7, 11) is 0. The van der Waals surface area contributed by atoms with Crippen molar-refractivity contribution in [3.05, 3.63) is 77.9 Å². The fourth-order valence-corrected chi connectivity index (χ4v) is 4.15. The molecule has 4 rings (SSSR count). The summed E-state index contributed by atoms with van der Waals surface area (Å²) in [6.45, 7) is 4.03. The summed E-state index contributed by atoms with van der Waals surface area (Å²) < 4.78 is 6.40. The summed E-state index contributed by atoms with van der Waals surface area (Å²) in [5.41, 5.74) is 4.96. The average Bonchev–Trinajstić information content (AvgIpc) is 3.17. The second-order valence-corrected chi connectivity index (χ2v) is 8.43. The lowest BCUT2D eigenvalue weighted by Crippen LogP contribution is -2.15. The lowest BCUT2D eigenvalue weighted by Gasteiger charge is -2.07. The first-order valence-electron chi connectivity index (χ1n) is 10.0. The summed E-state index contributed by atoms with van der Waals surface area (Å²) in [5.74, 6) is -0.180. The molecule has 0 saturated heterocycles. The Morgan fingerprint density at radius 1 is 0.903 bits per heavy atom. The smallest absolute Gasteiger partial charge is 0.311 e. The van der Waals surface area contributed by atoms with Crippen molar-refractivity contribution in [2.24, 2.45) is 0 Å². The van der Waals surface area contributed by atoms with Gasteiger partial charge in [-0.1, -0.05) is 23.8 Å². The number of anilines is 1. The minimum atomic E-state index is -0.430. The Hall–Kier alpha value is -3.51. The highest BCUT2D eigenvalue weighted by molar-refractivity contribution is 7.21. The molecule has 0 fully saturated rings. The number of carbonyl (C=O) groups excluding carboxylic acids is 2. The van der Waals surface area contributed by atoms with Crippen molar-refractivity contribution in [1.82, 2.24) is 4.98 Å². The van der Waals surface area contributed by atoms with Crippen molar-refractivity contribution >= 4 is 39.1 Å². The second-order valence-electron chi connectivity index (χ2n) is 7.40. The van der Waals surface area contributed by atoms with Crippen LogP contribution in [0.3, 0.4) is 0 Å². The minimum Gasteiger partial charge on any atom is -0.427 e. The summed E-state index contributed by atoms with van der Waals surface area (Å²) in [5, 5.41) is 3.76. The molecule has 0 spiro atoms. The van der Waals surface area contributed by atoms with Crippen LogP contribution < -0.4 is 10.1 Å². The first-order chi connectivity index (χ1) is 15.0. The standard InChI is InChI=1S/C25H22N2O3S/c1-16-3-10-20(11-4-16)30-24(29)14-13-23(28)26-19-8-6-18(7-9-19)25-27-21-12-5-17(2)15-22(21)31-25/h3-12,15H,13-14H2,1-2H3,(H,26,28). The van der Waals surface area contributed by atoms with Crippen LogP contribution in [-0.4, -0.2) is 16.9 Å². The van der Waals surface area contributed by atoms with E-state index in [9.17, 15) is 9.59 Å². The van der Waals surface area contributed by atoms with Gasteiger partial charge in [-0.3, -0.25) is 9.59 Å². The van der Waals surface area contributed by atoms with Crippen LogP contribution in [0.2, 0.25) is 0 Å². The van der Waals surface area contributed by atoms with Crippen LogP contribution in [0.15, 0.2) is 66.7 Å². The number of esters is 1. The van der Waals surface area contributed by atoms with Crippen LogP contribution in [-0.2, 0) is 9.59 Å². The Bertz CT molecular complexity index is 1230. The van der Waals surface area contributed by atoms with E-state index >= 15 is 0 Å². The van der Waals surface area contributed by atoms with E-state index < -0.39 is 5.97 Å². The first-order valence-corrected chi connectivity index (χ1v) is 10.8. The van der Waals surface area contributed by atoms with Crippen LogP contribution >= 0.6 is 11.3 Å². The molecule has 1 amide bonds. The maximum absolute atomic E-state index is 12.2. The number of aromatic nitrogens is 1. The topological polar surface area (TPSA) is 68.3 Å². The second kappa shape index (κ2) is 9.10. The van der Waals surface area contributed by atoms with Crippen LogP contribution in [0.1, 0.15) is 24.0 Å². The number of hydrogen-bond donors (Lipinski definition) is 1. The molecule has 0 bridgehead atoms. The molecule has 0 aliphatic carbocycles. The Kier molecular flexibility index (Phi) is 6.09. The van der Waals surface area contributed by atoms with E-state index in [4.69, 9.17) is 4.74 Å². The van der Waals surface area contributed by atoms with E-state index in [2.05, 4.69) is 29.4 Å². The maximum atomic E-state index is 12.2. The van der Waals surface area contributed by atoms with Crippen LogP contribution in [0.25, 0.3) is 20.8 Å². The predicted octanol–water partition coefficient (Wildman–Crippen LogP) is 5.90. The number of nitrogens with one attached hydrogen (secondary N) is 1. The van der Waals surface area contributed by atoms with Crippen molar-refractivity contribution in [3.63, 3.8) is 0 Å². The molecule has 0 aliphatic rings. The van der Waals surface area contributed by atoms with Crippen LogP contribution in [0.5, 0.6) is 5.75 Å². The lowest BCUT2D eigenvalue weighted by atomic mass is 10.2. The number of carbonyl (C=O) groups is 2. The van der Waals surface area contributed by atoms with Gasteiger partial charge in [0.1, 0.15) is 10.8 Å². The minimum absolute atomic E-state index is 0.0168. The van der Waals surface area contributed by atoms with E-state index in [1.807, 2.05) is 49.4 Å². The van der Waals surface area contributed by atoms with Gasteiger partial charge in [-0.25, -0.2) is 4.98 Å². The SMILES string of the molecule is Cc1ccc(OC(=O)CCC(=O)Nc2ccc(-c3nc4ccc(C)cc4s3)cc2)cc1. The van der Waals surface area contributed by atoms with Gasteiger partial charge in [-0.2, -0.15) is 0 Å². The molecule has 31 heavy (non-hydrogen) atoms. The van der Waals surface area contributed by atoms with Gasteiger partial charge in [-0.05, 0) is 67.9 Å². The van der Waals surface area contributed by atoms with E-state index in [1.54, 1.807) is 23.5 Å². The van der Waals surface area contributed by atoms with Crippen LogP contribution in [0, 0.1) is 13.8 Å². The molecule has 6 heteroatoms. The van der Waals surface area contributed by atoms with E-state index in [0.29, 0.717) is 11.4 Å². The van der Waals surface area contributed by atoms with Crippen molar-refractivity contribution in [1.29, 1.82) is 0 Å². The van der Waals surface area contributed by atoms with Gasteiger partial charge in [-0.15, -0.1) is 11.3 Å². The maximum Gasteiger partial charge on any atom is 0.311 e. The van der Waals surface area contributed by atoms with Crippen molar-refractivity contribution in [2.45, 2.75) is 26.7 Å². The quantitative estimate of drug-likeness (QED) is 0.305. The van der Waals surface area contributed by atoms with Crippen molar-refractivity contribution in [2.75, 3.05) is 5.32 Å². The molecular weight excluding hydrogens is 408 g/mol. The largest absolute Gasteiger partial charge is 0.427 e. The van der Waals surface area contributed by atoms with Crippen LogP contribution in [0.4, 0.5) is 5.69 Å². The molecule has 0 aliphatic heterocycles. The molecule has 4 aromatic rings. The van der Waals surface area contributed by atoms with E-state index in [0.717, 1.165) is 26.4 Å². The zero-order chi connectivity index (χ0) is 21.8. The highest BCUT2D eigenvalue weighted by Gasteiger charge is 2.11. The Morgan fingerprint density at radius 3 is 2.35 bits per heavy atom. The molecule has 0 radical (unpaired) electrons. The highest BCUT2D eigenvalue weighted by atomic mass is 32.1. The summed E-state index contributed by atoms with van der Waals surface area (Å²) >= 11 is 1.65. The Balaban J connectivity index is 1.31. The summed E-state index contributed by atoms with van der Waals surface area (Å²) in [6.07, 6.45) is 0.0760. The molecule has 0 saturated carbocycles. The van der Waals surface area contributed by atoms with E-state index in [-0.39, 0.29) is 18.7 Å². The monoisotopic (exact) mass is 430 g/mol. The zero-order valence-corrected chi connectivity index (χ0v) is 18.2. The number of hydrogen-bond acceptors (Lipinski definition) is 5. The molecule has 5 nitrogen and oxygen atoms in total. The number of amides is 1. The molecule has 1 heterocycles. The van der Waals surface area contributed by atoms with E-state index in [1.165, 1.54) is 5.56 Å². The predicted molar refractivity (Wildman–Crippen MR) is 124 cm³/mol. The van der Waals surface area contributed by atoms with Crippen molar-refractivity contribution in [3.8, 4) is 16.3 Å². The van der Waals surface area contributed by atoms with Crippen molar-refractivity contribution < 1.29 is 14.3 Å². The average molecular weight is 431 g/mol. The third kappa shape index (κ3) is 5.35. The molecular formula is C25H22N2O3S. The van der Waals surface area contributed by atoms with Gasteiger partial charge in [0.05, 0.1) is 16.6 Å². The molecule has 1 aromatic heterocycles. The number of aryl methyl sites for hydroxylation is 2. The van der Waals surface area contributed by atoms with Gasteiger partial charge in [0.25, 0.3) is 0 Å². The summed E-state index contributed by atoms with van der Waals surface area (Å²) in [4.78, 5) is 28.8. The van der Waals surface area contributed by atoms with Gasteiger partial charge < -0.3 is 10.1 Å². The van der Waals surface area contributed by atoms with Gasteiger partial charge >= 0.3 is 5.97 Å². The fourth-order valence-electron chi connectivity index (χ4n) is 3.08. The first kappa shape index (κ1) is 20.8. The normalized spacial score (nSPS) is 10.8. The molecule has 0 unspecified atom stereocenters. The number of thiazole rings is 1. The summed E-state index contributed by atoms with van der Waals surface area (Å²) in [6, 6.07) is 21.0. The molecule has 1 N–H and O–H groups in total. The number of fused-ring (bicyclic) bond motifs is 1. The number of rotatable bonds is 6. The lowest BCUT2D eigenvalue weighted by molar-refractivity contribution is -0.135. The van der Waals surface area contributed by atoms with Gasteiger partial charge in [0, 0.05) is 17.7 Å². The highest BCUT2D eigenvalue weighted by Crippen LogP contribution is 2.31. The molecule has 3 aromatic carbocycles. The zero-order valence-electron chi connectivity index (χ0n) is 17.3. The number of ether oxygens (including phenoxy) is 1.